The molecule has 0 spiro atoms. The number of benzene rings is 2. The lowest BCUT2D eigenvalue weighted by Gasteiger charge is -2.12. The fraction of sp³-hybridized carbons (Fsp3) is 0.0625. The van der Waals surface area contributed by atoms with Gasteiger partial charge in [-0.15, -0.1) is 0 Å². The Balaban J connectivity index is 2.17. The first kappa shape index (κ1) is 19.3. The third-order valence-corrected chi connectivity index (χ3v) is 3.97. The van der Waals surface area contributed by atoms with Gasteiger partial charge < -0.3 is 10.4 Å². The maximum atomic E-state index is 12.3. The number of carboxylic acid groups (broad SMARTS) is 1. The summed E-state index contributed by atoms with van der Waals surface area (Å²) in [5.41, 5.74) is 0.291. The molecule has 2 aromatic rings. The number of aromatic carboxylic acids is 1. The molecule has 26 heavy (non-hydrogen) atoms. The van der Waals surface area contributed by atoms with E-state index in [2.05, 4.69) is 10.6 Å². The van der Waals surface area contributed by atoms with Gasteiger partial charge >= 0.3 is 5.97 Å². The van der Waals surface area contributed by atoms with Crippen LogP contribution in [0.3, 0.4) is 0 Å². The largest absolute Gasteiger partial charge is 0.478 e. The summed E-state index contributed by atoms with van der Waals surface area (Å²) in [5, 5.41) is 25.0. The van der Waals surface area contributed by atoms with Gasteiger partial charge in [-0.1, -0.05) is 17.7 Å². The van der Waals surface area contributed by atoms with Gasteiger partial charge in [0.25, 0.3) is 11.6 Å². The highest BCUT2D eigenvalue weighted by molar-refractivity contribution is 7.80. The van der Waals surface area contributed by atoms with Gasteiger partial charge in [-0.3, -0.25) is 20.2 Å². The second kappa shape index (κ2) is 7.89. The van der Waals surface area contributed by atoms with Crippen molar-refractivity contribution in [2.75, 3.05) is 5.32 Å². The fourth-order valence-electron chi connectivity index (χ4n) is 2.15. The molecule has 3 N–H and O–H groups in total. The van der Waals surface area contributed by atoms with Gasteiger partial charge in [0.05, 0.1) is 21.2 Å². The first-order chi connectivity index (χ1) is 12.2. The zero-order chi connectivity index (χ0) is 19.4. The lowest BCUT2D eigenvalue weighted by molar-refractivity contribution is -0.385. The van der Waals surface area contributed by atoms with Crippen LogP contribution in [0.15, 0.2) is 36.4 Å². The Kier molecular flexibility index (Phi) is 5.86. The van der Waals surface area contributed by atoms with Crippen LogP contribution in [-0.4, -0.2) is 27.0 Å². The molecule has 10 heteroatoms. The number of thiocarbonyl (C=S) groups is 1. The molecule has 0 heterocycles. The number of nitro benzene ring substituents is 1. The Morgan fingerprint density at radius 1 is 1.27 bits per heavy atom. The second-order valence-corrected chi connectivity index (χ2v) is 5.93. The molecule has 0 aromatic heterocycles. The Morgan fingerprint density at radius 2 is 1.96 bits per heavy atom. The molecule has 2 aromatic carbocycles. The number of nitrogens with one attached hydrogen (secondary N) is 2. The molecule has 1 amide bonds. The molecule has 0 unspecified atom stereocenters. The molecule has 0 atom stereocenters. The first-order valence-corrected chi connectivity index (χ1v) is 7.88. The van der Waals surface area contributed by atoms with Crippen LogP contribution in [0.5, 0.6) is 0 Å². The Hall–Kier alpha value is -3.04. The maximum absolute atomic E-state index is 12.3. The second-order valence-electron chi connectivity index (χ2n) is 5.11. The zero-order valence-corrected chi connectivity index (χ0v) is 14.9. The third kappa shape index (κ3) is 4.32. The molecule has 0 fully saturated rings. The summed E-state index contributed by atoms with van der Waals surface area (Å²) in [6, 6.07) is 8.08. The predicted molar refractivity (Wildman–Crippen MR) is 99.9 cm³/mol. The van der Waals surface area contributed by atoms with Crippen molar-refractivity contribution >= 4 is 52.2 Å². The van der Waals surface area contributed by atoms with Crippen LogP contribution in [0.25, 0.3) is 0 Å². The molecule has 0 aliphatic heterocycles. The first-order valence-electron chi connectivity index (χ1n) is 7.10. The highest BCUT2D eigenvalue weighted by atomic mass is 35.5. The third-order valence-electron chi connectivity index (χ3n) is 3.44. The van der Waals surface area contributed by atoms with Crippen LogP contribution in [0, 0.1) is 17.0 Å². The number of hydrogen-bond acceptors (Lipinski definition) is 5. The van der Waals surface area contributed by atoms with Crippen molar-refractivity contribution in [2.45, 2.75) is 6.92 Å². The number of rotatable bonds is 4. The minimum atomic E-state index is -1.15. The van der Waals surface area contributed by atoms with Crippen molar-refractivity contribution in [3.63, 3.8) is 0 Å². The molecule has 0 aliphatic carbocycles. The molecular weight excluding hydrogens is 382 g/mol. The summed E-state index contributed by atoms with van der Waals surface area (Å²) in [5.74, 6) is -1.79. The minimum absolute atomic E-state index is 0.0134. The molecule has 0 saturated carbocycles. The van der Waals surface area contributed by atoms with E-state index in [9.17, 15) is 19.7 Å². The number of hydrogen-bond donors (Lipinski definition) is 3. The van der Waals surface area contributed by atoms with Crippen molar-refractivity contribution in [3.05, 3.63) is 68.2 Å². The molecule has 134 valence electrons. The Morgan fingerprint density at radius 3 is 2.58 bits per heavy atom. The number of amides is 1. The number of carboxylic acids is 1. The van der Waals surface area contributed by atoms with E-state index in [0.29, 0.717) is 0 Å². The van der Waals surface area contributed by atoms with Crippen LogP contribution in [0.4, 0.5) is 11.4 Å². The summed E-state index contributed by atoms with van der Waals surface area (Å²) in [6.07, 6.45) is 0. The fourth-order valence-corrected chi connectivity index (χ4v) is 2.51. The van der Waals surface area contributed by atoms with Gasteiger partial charge in [0.2, 0.25) is 0 Å². The predicted octanol–water partition coefficient (Wildman–Crippen LogP) is 3.38. The SMILES string of the molecule is Cc1c(C(=O)NC(=S)Nc2cc(C(=O)O)ccc2Cl)cccc1[N+](=O)[O-]. The lowest BCUT2D eigenvalue weighted by Crippen LogP contribution is -2.34. The van der Waals surface area contributed by atoms with E-state index in [0.717, 1.165) is 0 Å². The summed E-state index contributed by atoms with van der Waals surface area (Å²) in [7, 11) is 0. The van der Waals surface area contributed by atoms with Crippen molar-refractivity contribution in [2.24, 2.45) is 0 Å². The van der Waals surface area contributed by atoms with Gasteiger partial charge in [0.15, 0.2) is 5.11 Å². The smallest absolute Gasteiger partial charge is 0.335 e. The van der Waals surface area contributed by atoms with E-state index in [1.165, 1.54) is 43.3 Å². The maximum Gasteiger partial charge on any atom is 0.335 e. The Labute approximate surface area is 157 Å². The van der Waals surface area contributed by atoms with Crippen molar-refractivity contribution in [1.82, 2.24) is 5.32 Å². The highest BCUT2D eigenvalue weighted by Gasteiger charge is 2.19. The molecular formula is C16H12ClN3O5S. The molecule has 0 saturated heterocycles. The number of halogens is 1. The van der Waals surface area contributed by atoms with Gasteiger partial charge in [0.1, 0.15) is 0 Å². The van der Waals surface area contributed by atoms with Crippen LogP contribution in [0.2, 0.25) is 5.02 Å². The van der Waals surface area contributed by atoms with Gasteiger partial charge in [-0.05, 0) is 43.4 Å². The van der Waals surface area contributed by atoms with Crippen molar-refractivity contribution in [3.8, 4) is 0 Å². The van der Waals surface area contributed by atoms with Gasteiger partial charge in [-0.25, -0.2) is 4.79 Å². The topological polar surface area (TPSA) is 122 Å². The van der Waals surface area contributed by atoms with Crippen LogP contribution in [-0.2, 0) is 0 Å². The molecule has 2 rings (SSSR count). The molecule has 8 nitrogen and oxygen atoms in total. The Bertz CT molecular complexity index is 932. The minimum Gasteiger partial charge on any atom is -0.478 e. The number of nitro groups is 1. The normalized spacial score (nSPS) is 10.1. The highest BCUT2D eigenvalue weighted by Crippen LogP contribution is 2.24. The van der Waals surface area contributed by atoms with E-state index in [1.54, 1.807) is 0 Å². The van der Waals surface area contributed by atoms with Crippen LogP contribution in [0.1, 0.15) is 26.3 Å². The van der Waals surface area contributed by atoms with Gasteiger partial charge in [0, 0.05) is 17.2 Å². The van der Waals surface area contributed by atoms with Crippen LogP contribution < -0.4 is 10.6 Å². The average Bonchev–Trinajstić information content (AvgIpc) is 2.56. The van der Waals surface area contributed by atoms with Gasteiger partial charge in [-0.2, -0.15) is 0 Å². The number of carbonyl (C=O) groups is 2. The van der Waals surface area contributed by atoms with E-state index in [1.807, 2.05) is 0 Å². The average molecular weight is 394 g/mol. The van der Waals surface area contributed by atoms with Crippen LogP contribution >= 0.6 is 23.8 Å². The zero-order valence-electron chi connectivity index (χ0n) is 13.3. The standard InChI is InChI=1S/C16H12ClN3O5S/c1-8-10(3-2-4-13(8)20(24)25)14(21)19-16(26)18-12-7-9(15(22)23)5-6-11(12)17/h2-7H,1H3,(H,22,23)(H2,18,19,21,26). The molecule has 0 radical (unpaired) electrons. The summed E-state index contributed by atoms with van der Waals surface area (Å²) >= 11 is 11.0. The number of carbonyl (C=O) groups excluding carboxylic acids is 1. The van der Waals surface area contributed by atoms with E-state index in [4.69, 9.17) is 28.9 Å². The summed E-state index contributed by atoms with van der Waals surface area (Å²) in [4.78, 5) is 33.7. The quantitative estimate of drug-likeness (QED) is 0.413. The van der Waals surface area contributed by atoms with Crippen molar-refractivity contribution < 1.29 is 19.6 Å². The molecule has 0 aliphatic rings. The number of anilines is 1. The summed E-state index contributed by atoms with van der Waals surface area (Å²) < 4.78 is 0. The van der Waals surface area contributed by atoms with E-state index < -0.39 is 16.8 Å². The van der Waals surface area contributed by atoms with E-state index in [-0.39, 0.29) is 38.2 Å². The monoisotopic (exact) mass is 393 g/mol. The van der Waals surface area contributed by atoms with Crippen molar-refractivity contribution in [1.29, 1.82) is 0 Å². The summed E-state index contributed by atoms with van der Waals surface area (Å²) in [6.45, 7) is 1.46. The molecule has 0 bridgehead atoms. The number of nitrogens with zero attached hydrogens (tertiary/aromatic N) is 1. The van der Waals surface area contributed by atoms with E-state index >= 15 is 0 Å². The lowest BCUT2D eigenvalue weighted by atomic mass is 10.1.